The standard InChI is InChI=1S/C28H30F2N6O5/c1-17(2)23(24(39)28(29,30)27(41)32-14-12-20-11-7-8-13-31-20)35-22(38)16-36-25(19-9-5-4-6-10-19)33-15-21(26(36)40)34-18(3)37/h4-11,13,15,17,23H,12,14,16H2,1-3H3,(H,32,41)(H,34,37)(H,35,38). The molecule has 0 saturated carbocycles. The molecule has 0 fully saturated rings. The lowest BCUT2D eigenvalue weighted by Gasteiger charge is -2.25. The smallest absolute Gasteiger partial charge is 0.350 e. The van der Waals surface area contributed by atoms with Crippen LogP contribution in [-0.4, -0.2) is 56.5 Å². The predicted molar refractivity (Wildman–Crippen MR) is 146 cm³/mol. The van der Waals surface area contributed by atoms with Crippen molar-refractivity contribution in [1.82, 2.24) is 25.2 Å². The molecule has 0 bridgehead atoms. The van der Waals surface area contributed by atoms with Gasteiger partial charge in [-0.25, -0.2) is 4.98 Å². The molecule has 11 nitrogen and oxygen atoms in total. The summed E-state index contributed by atoms with van der Waals surface area (Å²) < 4.78 is 30.8. The van der Waals surface area contributed by atoms with E-state index in [1.807, 2.05) is 5.32 Å². The molecule has 41 heavy (non-hydrogen) atoms. The van der Waals surface area contributed by atoms with E-state index in [4.69, 9.17) is 0 Å². The SMILES string of the molecule is CC(=O)Nc1cnc(-c2ccccc2)n(CC(=O)NC(C(=O)C(F)(F)C(=O)NCCc2ccccn2)C(C)C)c1=O. The number of rotatable bonds is 12. The average molecular weight is 569 g/mol. The molecular formula is C28H30F2N6O5. The molecule has 0 aliphatic rings. The number of aromatic nitrogens is 3. The van der Waals surface area contributed by atoms with E-state index in [1.165, 1.54) is 27.0 Å². The summed E-state index contributed by atoms with van der Waals surface area (Å²) in [5.74, 6) is -10.3. The van der Waals surface area contributed by atoms with E-state index in [0.717, 1.165) is 10.8 Å². The number of pyridine rings is 1. The lowest BCUT2D eigenvalue weighted by atomic mass is 9.95. The van der Waals surface area contributed by atoms with Crippen LogP contribution in [0.2, 0.25) is 0 Å². The number of nitrogens with zero attached hydrogens (tertiary/aromatic N) is 3. The van der Waals surface area contributed by atoms with Gasteiger partial charge in [-0.1, -0.05) is 50.2 Å². The van der Waals surface area contributed by atoms with E-state index >= 15 is 0 Å². The molecular weight excluding hydrogens is 538 g/mol. The minimum absolute atomic E-state index is 0.0740. The molecule has 3 aromatic rings. The number of hydrogen-bond donors (Lipinski definition) is 3. The number of halogens is 2. The molecule has 0 spiro atoms. The first kappa shape index (κ1) is 30.7. The zero-order valence-corrected chi connectivity index (χ0v) is 22.7. The first-order chi connectivity index (χ1) is 19.4. The normalized spacial score (nSPS) is 12.0. The topological polar surface area (TPSA) is 152 Å². The Kier molecular flexibility index (Phi) is 10.1. The van der Waals surface area contributed by atoms with Crippen LogP contribution in [0.15, 0.2) is 65.7 Å². The van der Waals surface area contributed by atoms with E-state index in [1.54, 1.807) is 48.5 Å². The van der Waals surface area contributed by atoms with E-state index in [2.05, 4.69) is 20.6 Å². The van der Waals surface area contributed by atoms with Crippen molar-refractivity contribution in [3.05, 3.63) is 77.0 Å². The summed E-state index contributed by atoms with van der Waals surface area (Å²) in [7, 11) is 0. The number of carbonyl (C=O) groups excluding carboxylic acids is 4. The molecule has 2 aromatic heterocycles. The van der Waals surface area contributed by atoms with Gasteiger partial charge >= 0.3 is 5.92 Å². The molecule has 0 aliphatic heterocycles. The number of amides is 3. The highest BCUT2D eigenvalue weighted by atomic mass is 19.3. The van der Waals surface area contributed by atoms with E-state index in [9.17, 15) is 32.8 Å². The summed E-state index contributed by atoms with van der Waals surface area (Å²) in [6.45, 7) is 3.16. The van der Waals surface area contributed by atoms with E-state index in [0.29, 0.717) is 11.3 Å². The highest BCUT2D eigenvalue weighted by molar-refractivity contribution is 6.10. The van der Waals surface area contributed by atoms with Crippen LogP contribution in [0.3, 0.4) is 0 Å². The second-order valence-electron chi connectivity index (χ2n) is 9.49. The van der Waals surface area contributed by atoms with Gasteiger partial charge in [-0.3, -0.25) is 33.5 Å². The Hall–Kier alpha value is -4.81. The molecule has 3 rings (SSSR count). The first-order valence-electron chi connectivity index (χ1n) is 12.7. The highest BCUT2D eigenvalue weighted by Crippen LogP contribution is 2.21. The zero-order valence-electron chi connectivity index (χ0n) is 22.7. The molecule has 1 unspecified atom stereocenters. The van der Waals surface area contributed by atoms with Crippen molar-refractivity contribution in [2.24, 2.45) is 5.92 Å². The third kappa shape index (κ3) is 7.87. The molecule has 0 saturated heterocycles. The van der Waals surface area contributed by atoms with Crippen LogP contribution in [0.4, 0.5) is 14.5 Å². The monoisotopic (exact) mass is 568 g/mol. The van der Waals surface area contributed by atoms with Gasteiger partial charge in [0.1, 0.15) is 18.1 Å². The minimum Gasteiger partial charge on any atom is -0.350 e. The first-order valence-corrected chi connectivity index (χ1v) is 12.7. The molecule has 0 radical (unpaired) electrons. The zero-order chi connectivity index (χ0) is 30.2. The maximum atomic E-state index is 14.9. The Balaban J connectivity index is 1.79. The second kappa shape index (κ2) is 13.5. The number of nitrogens with one attached hydrogen (secondary N) is 3. The quantitative estimate of drug-likeness (QED) is 0.283. The van der Waals surface area contributed by atoms with Crippen LogP contribution < -0.4 is 21.5 Å². The lowest BCUT2D eigenvalue weighted by molar-refractivity contribution is -0.161. The number of Topliss-reactive ketones (excluding diaryl/α,β-unsaturated/α-hetero) is 1. The molecule has 1 aromatic carbocycles. The van der Waals surface area contributed by atoms with Crippen molar-refractivity contribution in [2.75, 3.05) is 11.9 Å². The van der Waals surface area contributed by atoms with Crippen molar-refractivity contribution in [3.8, 4) is 11.4 Å². The van der Waals surface area contributed by atoms with Gasteiger partial charge in [0.05, 0.1) is 12.2 Å². The number of ketones is 1. The Morgan fingerprint density at radius 3 is 2.29 bits per heavy atom. The van der Waals surface area contributed by atoms with Gasteiger partial charge in [0.2, 0.25) is 17.6 Å². The third-order valence-corrected chi connectivity index (χ3v) is 5.94. The highest BCUT2D eigenvalue weighted by Gasteiger charge is 2.51. The maximum absolute atomic E-state index is 14.9. The second-order valence-corrected chi connectivity index (χ2v) is 9.49. The van der Waals surface area contributed by atoms with E-state index in [-0.39, 0.29) is 24.5 Å². The van der Waals surface area contributed by atoms with Gasteiger partial charge in [0.25, 0.3) is 11.5 Å². The van der Waals surface area contributed by atoms with Crippen molar-refractivity contribution in [2.45, 2.75) is 45.7 Å². The summed E-state index contributed by atoms with van der Waals surface area (Å²) in [6, 6.07) is 11.7. The van der Waals surface area contributed by atoms with Crippen molar-refractivity contribution >= 4 is 29.2 Å². The number of anilines is 1. The lowest BCUT2D eigenvalue weighted by Crippen LogP contribution is -2.57. The third-order valence-electron chi connectivity index (χ3n) is 5.94. The van der Waals surface area contributed by atoms with Crippen molar-refractivity contribution in [3.63, 3.8) is 0 Å². The summed E-state index contributed by atoms with van der Waals surface area (Å²) in [6.07, 6.45) is 2.84. The van der Waals surface area contributed by atoms with Crippen LogP contribution in [0.1, 0.15) is 26.5 Å². The Labute approximate surface area is 234 Å². The molecule has 216 valence electrons. The fourth-order valence-electron chi connectivity index (χ4n) is 3.90. The number of hydrogen-bond acceptors (Lipinski definition) is 7. The average Bonchev–Trinajstić information content (AvgIpc) is 2.94. The van der Waals surface area contributed by atoms with Crippen molar-refractivity contribution in [1.29, 1.82) is 0 Å². The van der Waals surface area contributed by atoms with Gasteiger partial charge in [-0.05, 0) is 18.1 Å². The number of benzene rings is 1. The van der Waals surface area contributed by atoms with Gasteiger partial charge < -0.3 is 16.0 Å². The summed E-state index contributed by atoms with van der Waals surface area (Å²) in [5, 5.41) is 6.62. The summed E-state index contributed by atoms with van der Waals surface area (Å²) in [5.41, 5.74) is 0.0683. The van der Waals surface area contributed by atoms with Gasteiger partial charge in [-0.15, -0.1) is 0 Å². The van der Waals surface area contributed by atoms with Crippen LogP contribution in [0.5, 0.6) is 0 Å². The van der Waals surface area contributed by atoms with Gasteiger partial charge in [0, 0.05) is 37.3 Å². The molecule has 13 heteroatoms. The Morgan fingerprint density at radius 2 is 1.68 bits per heavy atom. The summed E-state index contributed by atoms with van der Waals surface area (Å²) >= 11 is 0. The maximum Gasteiger partial charge on any atom is 0.383 e. The Morgan fingerprint density at radius 1 is 1.00 bits per heavy atom. The molecule has 0 aliphatic carbocycles. The molecule has 1 atom stereocenters. The Bertz CT molecular complexity index is 1460. The van der Waals surface area contributed by atoms with E-state index < -0.39 is 53.5 Å². The number of carbonyl (C=O) groups is 4. The predicted octanol–water partition coefficient (Wildman–Crippen LogP) is 1.97. The minimum atomic E-state index is -4.44. The van der Waals surface area contributed by atoms with Crippen LogP contribution in [0.25, 0.3) is 11.4 Å². The molecule has 3 N–H and O–H groups in total. The van der Waals surface area contributed by atoms with Crippen molar-refractivity contribution < 1.29 is 28.0 Å². The molecule has 2 heterocycles. The van der Waals surface area contributed by atoms with Gasteiger partial charge in [0.15, 0.2) is 0 Å². The van der Waals surface area contributed by atoms with Crippen LogP contribution in [0, 0.1) is 5.92 Å². The summed E-state index contributed by atoms with van der Waals surface area (Å²) in [4.78, 5) is 71.0. The number of alkyl halides is 2. The fourth-order valence-corrected chi connectivity index (χ4v) is 3.90. The van der Waals surface area contributed by atoms with Gasteiger partial charge in [-0.2, -0.15) is 8.78 Å². The molecule has 3 amide bonds. The van der Waals surface area contributed by atoms with Crippen LogP contribution in [-0.2, 0) is 32.1 Å². The fraction of sp³-hybridized carbons (Fsp3) is 0.321. The largest absolute Gasteiger partial charge is 0.383 e. The van der Waals surface area contributed by atoms with Crippen LogP contribution >= 0.6 is 0 Å².